The van der Waals surface area contributed by atoms with E-state index in [2.05, 4.69) is 20.8 Å². The molecule has 0 atom stereocenters. The van der Waals surface area contributed by atoms with Crippen LogP contribution in [-0.2, 0) is 0 Å². The Bertz CT molecular complexity index is 122. The van der Waals surface area contributed by atoms with Gasteiger partial charge in [0.15, 0.2) is 0 Å². The molecule has 90 valence electrons. The first-order valence-electron chi connectivity index (χ1n) is 7.24. The van der Waals surface area contributed by atoms with Crippen LogP contribution in [0.4, 0.5) is 0 Å². The van der Waals surface area contributed by atoms with Crippen LogP contribution in [-0.4, -0.2) is 0 Å². The van der Waals surface area contributed by atoms with Gasteiger partial charge in [-0.25, -0.2) is 0 Å². The molecule has 0 heteroatoms. The molecule has 0 bridgehead atoms. The molecule has 0 nitrogen and oxygen atoms in total. The van der Waals surface area contributed by atoms with Gasteiger partial charge >= 0.3 is 0 Å². The molecule has 0 N–H and O–H groups in total. The third kappa shape index (κ3) is 5.04. The van der Waals surface area contributed by atoms with Crippen molar-refractivity contribution in [1.29, 1.82) is 0 Å². The molecule has 0 unspecified atom stereocenters. The van der Waals surface area contributed by atoms with Crippen molar-refractivity contribution in [3.63, 3.8) is 0 Å². The van der Waals surface area contributed by atoms with Crippen LogP contribution in [0.5, 0.6) is 0 Å². The van der Waals surface area contributed by atoms with E-state index in [4.69, 9.17) is 0 Å². The van der Waals surface area contributed by atoms with Gasteiger partial charge < -0.3 is 0 Å². The van der Waals surface area contributed by atoms with Crippen LogP contribution in [0.2, 0.25) is 0 Å². The maximum atomic E-state index is 2.22. The lowest BCUT2D eigenvalue weighted by Gasteiger charge is -2.35. The van der Waals surface area contributed by atoms with E-state index in [9.17, 15) is 0 Å². The van der Waals surface area contributed by atoms with Crippen LogP contribution in [0, 0.1) is 17.8 Å². The third-order valence-electron chi connectivity index (χ3n) is 4.28. The fourth-order valence-electron chi connectivity index (χ4n) is 2.86. The highest BCUT2D eigenvalue weighted by Crippen LogP contribution is 2.39. The molecule has 2 aliphatic rings. The predicted molar refractivity (Wildman–Crippen MR) is 69.0 cm³/mol. The van der Waals surface area contributed by atoms with Crippen LogP contribution < -0.4 is 0 Å². The summed E-state index contributed by atoms with van der Waals surface area (Å²) in [5.41, 5.74) is 0. The molecule has 2 rings (SSSR count). The smallest absolute Gasteiger partial charge is 0.0386 e. The minimum atomic E-state index is 0.884. The summed E-state index contributed by atoms with van der Waals surface area (Å²) >= 11 is 0. The lowest BCUT2D eigenvalue weighted by atomic mass is 9.71. The van der Waals surface area contributed by atoms with Crippen LogP contribution in [0.25, 0.3) is 0 Å². The largest absolute Gasteiger partial charge is 0.0651 e. The zero-order valence-corrected chi connectivity index (χ0v) is 11.1. The summed E-state index contributed by atoms with van der Waals surface area (Å²) in [7, 11) is 0. The first-order chi connectivity index (χ1) is 7.24. The van der Waals surface area contributed by atoms with Gasteiger partial charge in [0.05, 0.1) is 0 Å². The Hall–Kier alpha value is 0. The summed E-state index contributed by atoms with van der Waals surface area (Å²) in [4.78, 5) is 0. The number of rotatable bonds is 1. The molecule has 0 aromatic carbocycles. The molecule has 2 saturated carbocycles. The fourth-order valence-corrected chi connectivity index (χ4v) is 2.86. The van der Waals surface area contributed by atoms with Crippen LogP contribution in [0.3, 0.4) is 0 Å². The molecule has 0 saturated heterocycles. The monoisotopic (exact) mass is 210 g/mol. The first-order valence-corrected chi connectivity index (χ1v) is 7.24. The highest BCUT2D eigenvalue weighted by molar-refractivity contribution is 4.78. The van der Waals surface area contributed by atoms with Gasteiger partial charge in [-0.3, -0.25) is 0 Å². The molecular formula is C15H30. The van der Waals surface area contributed by atoms with E-state index in [-0.39, 0.29) is 0 Å². The zero-order chi connectivity index (χ0) is 11.1. The topological polar surface area (TPSA) is 0 Å². The minimum absolute atomic E-state index is 0.884. The number of hydrogen-bond donors (Lipinski definition) is 0. The Balaban J connectivity index is 0.000000195. The quantitative estimate of drug-likeness (QED) is 0.542. The third-order valence-corrected chi connectivity index (χ3v) is 4.28. The highest BCUT2D eigenvalue weighted by atomic mass is 14.3. The second kappa shape index (κ2) is 7.30. The van der Waals surface area contributed by atoms with Crippen molar-refractivity contribution in [2.75, 3.05) is 0 Å². The van der Waals surface area contributed by atoms with Crippen LogP contribution in [0.1, 0.15) is 78.6 Å². The summed E-state index contributed by atoms with van der Waals surface area (Å²) in [5, 5.41) is 0. The average molecular weight is 210 g/mol. The van der Waals surface area contributed by atoms with Crippen molar-refractivity contribution in [3.8, 4) is 0 Å². The molecule has 2 aliphatic carbocycles. The molecule has 2 fully saturated rings. The van der Waals surface area contributed by atoms with Crippen molar-refractivity contribution in [2.24, 2.45) is 17.8 Å². The van der Waals surface area contributed by atoms with Crippen molar-refractivity contribution in [3.05, 3.63) is 0 Å². The van der Waals surface area contributed by atoms with E-state index in [0.717, 1.165) is 17.8 Å². The normalized spacial score (nSPS) is 30.4. The van der Waals surface area contributed by atoms with Gasteiger partial charge in [-0.15, -0.1) is 0 Å². The Morgan fingerprint density at radius 3 is 1.27 bits per heavy atom. The van der Waals surface area contributed by atoms with Crippen LogP contribution >= 0.6 is 0 Å². The molecule has 15 heavy (non-hydrogen) atoms. The van der Waals surface area contributed by atoms with Gasteiger partial charge in [0.1, 0.15) is 0 Å². The Labute approximate surface area is 96.8 Å². The zero-order valence-electron chi connectivity index (χ0n) is 11.1. The molecule has 0 spiro atoms. The lowest BCUT2D eigenvalue weighted by molar-refractivity contribution is 0.171. The minimum Gasteiger partial charge on any atom is -0.0651 e. The van der Waals surface area contributed by atoms with Gasteiger partial charge in [0, 0.05) is 0 Å². The SMILES string of the molecule is C1CCC2CCCCC2C1.CCC(C)C. The van der Waals surface area contributed by atoms with E-state index in [1.165, 1.54) is 32.1 Å². The molecule has 0 radical (unpaired) electrons. The van der Waals surface area contributed by atoms with Crippen molar-refractivity contribution in [1.82, 2.24) is 0 Å². The van der Waals surface area contributed by atoms with E-state index < -0.39 is 0 Å². The summed E-state index contributed by atoms with van der Waals surface area (Å²) in [6.07, 6.45) is 13.7. The van der Waals surface area contributed by atoms with E-state index in [1.54, 1.807) is 25.7 Å². The lowest BCUT2D eigenvalue weighted by Crippen LogP contribution is -2.22. The summed E-state index contributed by atoms with van der Waals surface area (Å²) in [5.74, 6) is 3.19. The maximum Gasteiger partial charge on any atom is -0.0386 e. The summed E-state index contributed by atoms with van der Waals surface area (Å²) in [6.45, 7) is 6.64. The van der Waals surface area contributed by atoms with E-state index in [1.807, 2.05) is 0 Å². The van der Waals surface area contributed by atoms with Crippen molar-refractivity contribution >= 4 is 0 Å². The molecule has 0 amide bonds. The molecule has 0 aliphatic heterocycles. The Kier molecular flexibility index (Phi) is 6.36. The highest BCUT2D eigenvalue weighted by Gasteiger charge is 2.26. The molecule has 0 heterocycles. The number of fused-ring (bicyclic) bond motifs is 1. The Morgan fingerprint density at radius 1 is 0.800 bits per heavy atom. The van der Waals surface area contributed by atoms with Gasteiger partial charge in [-0.05, 0) is 17.8 Å². The number of hydrogen-bond acceptors (Lipinski definition) is 0. The first kappa shape index (κ1) is 13.1. The van der Waals surface area contributed by atoms with Gasteiger partial charge in [-0.1, -0.05) is 78.6 Å². The van der Waals surface area contributed by atoms with E-state index in [0.29, 0.717) is 0 Å². The van der Waals surface area contributed by atoms with Crippen molar-refractivity contribution in [2.45, 2.75) is 78.6 Å². The molecular weight excluding hydrogens is 180 g/mol. The second-order valence-electron chi connectivity index (χ2n) is 5.89. The van der Waals surface area contributed by atoms with Crippen LogP contribution in [0.15, 0.2) is 0 Å². The Morgan fingerprint density at radius 2 is 1.07 bits per heavy atom. The molecule has 0 aromatic rings. The standard InChI is InChI=1S/C10H18.C5H12/c1-2-6-10-8-4-3-7-9(10)5-1;1-4-5(2)3/h9-10H,1-8H2;5H,4H2,1-3H3. The second-order valence-corrected chi connectivity index (χ2v) is 5.89. The summed E-state index contributed by atoms with van der Waals surface area (Å²) in [6, 6.07) is 0. The van der Waals surface area contributed by atoms with Gasteiger partial charge in [-0.2, -0.15) is 0 Å². The molecule has 0 aromatic heterocycles. The average Bonchev–Trinajstić information content (AvgIpc) is 2.30. The van der Waals surface area contributed by atoms with Gasteiger partial charge in [0.2, 0.25) is 0 Å². The summed E-state index contributed by atoms with van der Waals surface area (Å²) < 4.78 is 0. The maximum absolute atomic E-state index is 2.22. The predicted octanol–water partition coefficient (Wildman–Crippen LogP) is 5.42. The van der Waals surface area contributed by atoms with Gasteiger partial charge in [0.25, 0.3) is 0 Å². The van der Waals surface area contributed by atoms with E-state index >= 15 is 0 Å². The van der Waals surface area contributed by atoms with Crippen molar-refractivity contribution < 1.29 is 0 Å². The fraction of sp³-hybridized carbons (Fsp3) is 1.00.